The molecule has 0 aromatic heterocycles. The molecule has 0 N–H and O–H groups in total. The molecule has 2 fully saturated rings. The highest BCUT2D eigenvalue weighted by molar-refractivity contribution is 5.94. The molecule has 2 aliphatic rings. The molecule has 136 valence electrons. The molecule has 0 spiro atoms. The predicted octanol–water partition coefficient (Wildman–Crippen LogP) is 1.59. The number of halogens is 2. The van der Waals surface area contributed by atoms with Crippen LogP contribution in [0.2, 0.25) is 0 Å². The van der Waals surface area contributed by atoms with Gasteiger partial charge in [0.05, 0.1) is 5.56 Å². The fraction of sp³-hybridized carbons (Fsp3) is 0.556. The maximum atomic E-state index is 13.8. The fourth-order valence-electron chi connectivity index (χ4n) is 3.45. The summed E-state index contributed by atoms with van der Waals surface area (Å²) in [5.74, 6) is -1.91. The molecule has 0 bridgehead atoms. The van der Waals surface area contributed by atoms with Gasteiger partial charge in [-0.1, -0.05) is 0 Å². The minimum atomic E-state index is -0.847. The molecule has 0 unspecified atom stereocenters. The van der Waals surface area contributed by atoms with Gasteiger partial charge in [-0.15, -0.1) is 0 Å². The largest absolute Gasteiger partial charge is 0.340 e. The minimum absolute atomic E-state index is 0.0782. The average molecular weight is 351 g/mol. The zero-order valence-electron chi connectivity index (χ0n) is 14.4. The molecule has 0 atom stereocenters. The number of rotatable bonds is 2. The van der Waals surface area contributed by atoms with Gasteiger partial charge in [-0.25, -0.2) is 8.78 Å². The molecular weight excluding hydrogens is 328 g/mol. The van der Waals surface area contributed by atoms with Crippen LogP contribution in [0.5, 0.6) is 0 Å². The van der Waals surface area contributed by atoms with Gasteiger partial charge in [0, 0.05) is 51.3 Å². The Labute approximate surface area is 146 Å². The third-order valence-corrected chi connectivity index (χ3v) is 5.11. The molecule has 2 amide bonds. The van der Waals surface area contributed by atoms with Crippen LogP contribution in [0.4, 0.5) is 8.78 Å². The van der Waals surface area contributed by atoms with Crippen molar-refractivity contribution in [2.75, 3.05) is 46.3 Å². The molecule has 2 heterocycles. The molecule has 2 saturated heterocycles. The number of piperidine rings is 1. The van der Waals surface area contributed by atoms with Crippen LogP contribution in [0.15, 0.2) is 18.2 Å². The second-order valence-corrected chi connectivity index (χ2v) is 6.82. The van der Waals surface area contributed by atoms with Crippen LogP contribution in [0.3, 0.4) is 0 Å². The lowest BCUT2D eigenvalue weighted by Crippen LogP contribution is -2.51. The molecular formula is C18H23F2N3O2. The standard InChI is InChI=1S/C18H23F2N3O2/c1-21-8-10-23(11-9-21)17(24)13-4-6-22(7-5-13)18(25)15-3-2-14(19)12-16(15)20/h2-3,12-13H,4-11H2,1H3. The Morgan fingerprint density at radius 2 is 1.60 bits per heavy atom. The van der Waals surface area contributed by atoms with Gasteiger partial charge in [0.15, 0.2) is 0 Å². The van der Waals surface area contributed by atoms with E-state index in [1.54, 1.807) is 4.90 Å². The van der Waals surface area contributed by atoms with E-state index in [4.69, 9.17) is 0 Å². The number of likely N-dealkylation sites (tertiary alicyclic amines) is 1. The van der Waals surface area contributed by atoms with Crippen molar-refractivity contribution in [1.29, 1.82) is 0 Å². The van der Waals surface area contributed by atoms with Gasteiger partial charge in [0.25, 0.3) is 5.91 Å². The highest BCUT2D eigenvalue weighted by atomic mass is 19.1. The van der Waals surface area contributed by atoms with E-state index in [1.165, 1.54) is 6.07 Å². The third-order valence-electron chi connectivity index (χ3n) is 5.11. The van der Waals surface area contributed by atoms with Crippen LogP contribution in [-0.2, 0) is 4.79 Å². The molecule has 1 aromatic carbocycles. The highest BCUT2D eigenvalue weighted by Crippen LogP contribution is 2.22. The maximum Gasteiger partial charge on any atom is 0.256 e. The van der Waals surface area contributed by atoms with Crippen molar-refractivity contribution in [3.8, 4) is 0 Å². The molecule has 5 nitrogen and oxygen atoms in total. The first-order valence-corrected chi connectivity index (χ1v) is 8.67. The van der Waals surface area contributed by atoms with Gasteiger partial charge in [-0.05, 0) is 32.0 Å². The molecule has 25 heavy (non-hydrogen) atoms. The van der Waals surface area contributed by atoms with E-state index in [0.29, 0.717) is 25.9 Å². The van der Waals surface area contributed by atoms with E-state index < -0.39 is 17.5 Å². The SMILES string of the molecule is CN1CCN(C(=O)C2CCN(C(=O)c3ccc(F)cc3F)CC2)CC1. The van der Waals surface area contributed by atoms with Gasteiger partial charge >= 0.3 is 0 Å². The Balaban J connectivity index is 1.56. The average Bonchev–Trinajstić information content (AvgIpc) is 2.61. The summed E-state index contributed by atoms with van der Waals surface area (Å²) >= 11 is 0. The van der Waals surface area contributed by atoms with E-state index in [0.717, 1.165) is 38.3 Å². The maximum absolute atomic E-state index is 13.8. The monoisotopic (exact) mass is 351 g/mol. The number of likely N-dealkylation sites (N-methyl/N-ethyl adjacent to an activating group) is 1. The predicted molar refractivity (Wildman–Crippen MR) is 89.1 cm³/mol. The Morgan fingerprint density at radius 1 is 0.960 bits per heavy atom. The first kappa shape index (κ1) is 17.8. The molecule has 7 heteroatoms. The van der Waals surface area contributed by atoms with Crippen LogP contribution in [0.1, 0.15) is 23.2 Å². The van der Waals surface area contributed by atoms with Crippen molar-refractivity contribution < 1.29 is 18.4 Å². The van der Waals surface area contributed by atoms with E-state index in [-0.39, 0.29) is 17.4 Å². The van der Waals surface area contributed by atoms with Crippen molar-refractivity contribution in [2.45, 2.75) is 12.8 Å². The molecule has 0 aliphatic carbocycles. The Morgan fingerprint density at radius 3 is 2.20 bits per heavy atom. The quantitative estimate of drug-likeness (QED) is 0.813. The normalized spacial score (nSPS) is 20.0. The van der Waals surface area contributed by atoms with Crippen LogP contribution in [0.25, 0.3) is 0 Å². The number of carbonyl (C=O) groups excluding carboxylic acids is 2. The highest BCUT2D eigenvalue weighted by Gasteiger charge is 2.32. The number of amides is 2. The zero-order chi connectivity index (χ0) is 18.0. The smallest absolute Gasteiger partial charge is 0.256 e. The Kier molecular flexibility index (Phi) is 5.32. The summed E-state index contributed by atoms with van der Waals surface area (Å²) in [6.07, 6.45) is 1.17. The molecule has 0 saturated carbocycles. The number of benzene rings is 1. The molecule has 1 aromatic rings. The summed E-state index contributed by atoms with van der Waals surface area (Å²) in [4.78, 5) is 30.7. The minimum Gasteiger partial charge on any atom is -0.340 e. The van der Waals surface area contributed by atoms with Gasteiger partial charge in [-0.3, -0.25) is 9.59 Å². The second-order valence-electron chi connectivity index (χ2n) is 6.82. The summed E-state index contributed by atoms with van der Waals surface area (Å²) in [5.41, 5.74) is -0.120. The van der Waals surface area contributed by atoms with Crippen molar-refractivity contribution in [3.05, 3.63) is 35.4 Å². The number of hydrogen-bond acceptors (Lipinski definition) is 3. The lowest BCUT2D eigenvalue weighted by atomic mass is 9.94. The van der Waals surface area contributed by atoms with E-state index in [1.807, 2.05) is 11.9 Å². The van der Waals surface area contributed by atoms with Crippen LogP contribution < -0.4 is 0 Å². The number of piperazine rings is 1. The van der Waals surface area contributed by atoms with Crippen LogP contribution in [0, 0.1) is 17.6 Å². The van der Waals surface area contributed by atoms with E-state index in [2.05, 4.69) is 4.90 Å². The summed E-state index contributed by atoms with van der Waals surface area (Å²) in [5, 5.41) is 0. The molecule has 2 aliphatic heterocycles. The van der Waals surface area contributed by atoms with Gasteiger partial charge in [0.2, 0.25) is 5.91 Å². The molecule has 0 radical (unpaired) electrons. The van der Waals surface area contributed by atoms with Crippen molar-refractivity contribution >= 4 is 11.8 Å². The molecule has 3 rings (SSSR count). The summed E-state index contributed by atoms with van der Waals surface area (Å²) in [7, 11) is 2.04. The zero-order valence-corrected chi connectivity index (χ0v) is 14.4. The summed E-state index contributed by atoms with van der Waals surface area (Å²) in [6, 6.07) is 2.98. The van der Waals surface area contributed by atoms with E-state index >= 15 is 0 Å². The Bertz CT molecular complexity index is 652. The first-order chi connectivity index (χ1) is 12.0. The van der Waals surface area contributed by atoms with Crippen LogP contribution in [-0.4, -0.2) is 72.8 Å². The third kappa shape index (κ3) is 3.98. The number of nitrogens with zero attached hydrogens (tertiary/aromatic N) is 3. The van der Waals surface area contributed by atoms with Gasteiger partial charge in [-0.2, -0.15) is 0 Å². The van der Waals surface area contributed by atoms with Gasteiger partial charge < -0.3 is 14.7 Å². The second kappa shape index (κ2) is 7.47. The fourth-order valence-corrected chi connectivity index (χ4v) is 3.45. The van der Waals surface area contributed by atoms with Crippen molar-refractivity contribution in [2.24, 2.45) is 5.92 Å². The Hall–Kier alpha value is -2.02. The summed E-state index contributed by atoms with van der Waals surface area (Å²) in [6.45, 7) is 4.09. The topological polar surface area (TPSA) is 43.9 Å². The van der Waals surface area contributed by atoms with E-state index in [9.17, 15) is 18.4 Å². The number of hydrogen-bond donors (Lipinski definition) is 0. The van der Waals surface area contributed by atoms with Crippen molar-refractivity contribution in [1.82, 2.24) is 14.7 Å². The lowest BCUT2D eigenvalue weighted by molar-refractivity contribution is -0.138. The van der Waals surface area contributed by atoms with Crippen LogP contribution >= 0.6 is 0 Å². The van der Waals surface area contributed by atoms with Gasteiger partial charge in [0.1, 0.15) is 11.6 Å². The summed E-state index contributed by atoms with van der Waals surface area (Å²) < 4.78 is 26.8. The first-order valence-electron chi connectivity index (χ1n) is 8.67. The lowest BCUT2D eigenvalue weighted by Gasteiger charge is -2.37. The number of carbonyl (C=O) groups is 2. The van der Waals surface area contributed by atoms with Crippen molar-refractivity contribution in [3.63, 3.8) is 0 Å².